The molecule has 1 amide bonds. The van der Waals surface area contributed by atoms with Gasteiger partial charge in [-0.3, -0.25) is 4.79 Å². The Kier molecular flexibility index (Phi) is 8.09. The molecule has 2 aromatic rings. The lowest BCUT2D eigenvalue weighted by Crippen LogP contribution is -2.31. The van der Waals surface area contributed by atoms with Crippen molar-refractivity contribution in [2.24, 2.45) is 0 Å². The second kappa shape index (κ2) is 10.8. The Morgan fingerprint density at radius 3 is 2.55 bits per heavy atom. The average Bonchev–Trinajstić information content (AvgIpc) is 2.72. The van der Waals surface area contributed by atoms with E-state index < -0.39 is 18.0 Å². The van der Waals surface area contributed by atoms with Gasteiger partial charge < -0.3 is 24.3 Å². The van der Waals surface area contributed by atoms with E-state index in [0.717, 1.165) is 5.56 Å². The van der Waals surface area contributed by atoms with Crippen molar-refractivity contribution in [3.8, 4) is 17.2 Å². The van der Waals surface area contributed by atoms with E-state index in [0.29, 0.717) is 22.9 Å². The molecule has 1 N–H and O–H groups in total. The number of carbonyl (C=O) groups excluding carboxylic acids is 2. The molecule has 2 aromatic carbocycles. The van der Waals surface area contributed by atoms with Crippen LogP contribution in [-0.4, -0.2) is 38.8 Å². The minimum Gasteiger partial charge on any atom is -0.497 e. The molecule has 29 heavy (non-hydrogen) atoms. The molecule has 0 aliphatic heterocycles. The van der Waals surface area contributed by atoms with Crippen LogP contribution in [-0.2, 0) is 14.3 Å². The monoisotopic (exact) mass is 399 g/mol. The zero-order valence-corrected chi connectivity index (χ0v) is 16.9. The number of methoxy groups -OCH3 is 2. The van der Waals surface area contributed by atoms with Crippen molar-refractivity contribution < 1.29 is 28.5 Å². The lowest BCUT2D eigenvalue weighted by atomic mass is 10.2. The molecule has 0 unspecified atom stereocenters. The van der Waals surface area contributed by atoms with Gasteiger partial charge in [0.05, 0.1) is 14.2 Å². The topological polar surface area (TPSA) is 83.1 Å². The Hall–Kier alpha value is -3.48. The molecule has 0 aromatic heterocycles. The fourth-order valence-corrected chi connectivity index (χ4v) is 2.47. The lowest BCUT2D eigenvalue weighted by molar-refractivity contribution is -0.155. The maximum Gasteiger partial charge on any atom is 0.344 e. The summed E-state index contributed by atoms with van der Waals surface area (Å²) in [5, 5.41) is 2.67. The van der Waals surface area contributed by atoms with Gasteiger partial charge in [0.2, 0.25) is 0 Å². The van der Waals surface area contributed by atoms with Gasteiger partial charge in [-0.25, -0.2) is 4.79 Å². The van der Waals surface area contributed by atoms with Crippen LogP contribution in [0.25, 0.3) is 6.08 Å². The summed E-state index contributed by atoms with van der Waals surface area (Å²) in [6, 6.07) is 12.2. The minimum absolute atomic E-state index is 0.351. The summed E-state index contributed by atoms with van der Waals surface area (Å²) < 4.78 is 21.0. The highest BCUT2D eigenvalue weighted by molar-refractivity contribution is 5.95. The molecule has 7 heteroatoms. The van der Waals surface area contributed by atoms with Crippen LogP contribution in [0, 0.1) is 0 Å². The first-order chi connectivity index (χ1) is 14.0. The van der Waals surface area contributed by atoms with E-state index in [1.807, 2.05) is 25.1 Å². The number of ether oxygens (including phenoxy) is 4. The highest BCUT2D eigenvalue weighted by Crippen LogP contribution is 2.28. The number of allylic oxidation sites excluding steroid dienone is 1. The van der Waals surface area contributed by atoms with E-state index in [1.54, 1.807) is 36.4 Å². The van der Waals surface area contributed by atoms with Crippen LogP contribution in [0.3, 0.4) is 0 Å². The summed E-state index contributed by atoms with van der Waals surface area (Å²) in [6.45, 7) is 3.05. The molecule has 154 valence electrons. The molecule has 7 nitrogen and oxygen atoms in total. The highest BCUT2D eigenvalue weighted by atomic mass is 16.6. The number of anilines is 1. The van der Waals surface area contributed by atoms with Crippen molar-refractivity contribution in [2.75, 3.05) is 26.1 Å². The molecule has 0 spiro atoms. The Bertz CT molecular complexity index is 877. The number of esters is 1. The number of hydrogen-bond donors (Lipinski definition) is 1. The van der Waals surface area contributed by atoms with Crippen LogP contribution in [0.15, 0.2) is 48.5 Å². The van der Waals surface area contributed by atoms with E-state index in [2.05, 4.69) is 5.32 Å². The van der Waals surface area contributed by atoms with Crippen molar-refractivity contribution in [3.05, 3.63) is 54.1 Å². The molecule has 0 heterocycles. The Balaban J connectivity index is 1.89. The van der Waals surface area contributed by atoms with Gasteiger partial charge in [0.1, 0.15) is 5.75 Å². The molecule has 0 saturated carbocycles. The highest BCUT2D eigenvalue weighted by Gasteiger charge is 2.19. The first-order valence-corrected chi connectivity index (χ1v) is 9.04. The summed E-state index contributed by atoms with van der Waals surface area (Å²) in [5.41, 5.74) is 1.49. The molecule has 1 atom stereocenters. The fourth-order valence-electron chi connectivity index (χ4n) is 2.47. The summed E-state index contributed by atoms with van der Waals surface area (Å²) in [4.78, 5) is 24.3. The Morgan fingerprint density at radius 2 is 1.86 bits per heavy atom. The molecule has 0 fully saturated rings. The van der Waals surface area contributed by atoms with Gasteiger partial charge in [-0.05, 0) is 43.7 Å². The third kappa shape index (κ3) is 6.57. The lowest BCUT2D eigenvalue weighted by Gasteiger charge is -2.15. The molecule has 0 bridgehead atoms. The molecule has 0 radical (unpaired) electrons. The van der Waals surface area contributed by atoms with Crippen molar-refractivity contribution in [3.63, 3.8) is 0 Å². The van der Waals surface area contributed by atoms with Gasteiger partial charge >= 0.3 is 5.97 Å². The van der Waals surface area contributed by atoms with E-state index in [-0.39, 0.29) is 6.61 Å². The summed E-state index contributed by atoms with van der Waals surface area (Å²) in [6.07, 6.45) is 2.84. The van der Waals surface area contributed by atoms with Crippen LogP contribution in [0.1, 0.15) is 19.4 Å². The summed E-state index contributed by atoms with van der Waals surface area (Å²) in [7, 11) is 3.05. The second-order valence-electron chi connectivity index (χ2n) is 6.05. The number of benzene rings is 2. The Morgan fingerprint density at radius 1 is 1.07 bits per heavy atom. The van der Waals surface area contributed by atoms with E-state index in [1.165, 1.54) is 21.1 Å². The maximum absolute atomic E-state index is 12.2. The van der Waals surface area contributed by atoms with Crippen LogP contribution in [0.5, 0.6) is 17.2 Å². The van der Waals surface area contributed by atoms with Crippen LogP contribution in [0.2, 0.25) is 0 Å². The first-order valence-electron chi connectivity index (χ1n) is 9.04. The number of nitrogens with one attached hydrogen (secondary N) is 1. The third-order valence-corrected chi connectivity index (χ3v) is 3.91. The third-order valence-electron chi connectivity index (χ3n) is 3.91. The molecular formula is C22H25NO6. The van der Waals surface area contributed by atoms with Crippen LogP contribution < -0.4 is 19.5 Å². The maximum atomic E-state index is 12.2. The normalized spacial score (nSPS) is 11.6. The number of hydrogen-bond acceptors (Lipinski definition) is 6. The molecule has 2 rings (SSSR count). The van der Waals surface area contributed by atoms with Gasteiger partial charge in [-0.15, -0.1) is 0 Å². The average molecular weight is 399 g/mol. The first kappa shape index (κ1) is 21.8. The molecule has 0 aliphatic carbocycles. The standard InChI is InChI=1S/C22H25NO6/c1-5-7-16-10-11-19(20(12-16)27-4)28-14-21(24)29-15(2)22(25)23-17-8-6-9-18(13-17)26-3/h5-13,15H,14H2,1-4H3,(H,23,25)/b7-5+/t15-/m0/s1. The quantitative estimate of drug-likeness (QED) is 0.648. The Labute approximate surface area is 170 Å². The largest absolute Gasteiger partial charge is 0.497 e. The van der Waals surface area contributed by atoms with Crippen molar-refractivity contribution >= 4 is 23.6 Å². The minimum atomic E-state index is -0.990. The molecule has 0 aliphatic rings. The van der Waals surface area contributed by atoms with Gasteiger partial charge in [0.15, 0.2) is 24.2 Å². The molecule has 0 saturated heterocycles. The number of carbonyl (C=O) groups is 2. The predicted molar refractivity (Wildman–Crippen MR) is 110 cm³/mol. The summed E-state index contributed by atoms with van der Waals surface area (Å²) >= 11 is 0. The van der Waals surface area contributed by atoms with Crippen molar-refractivity contribution in [2.45, 2.75) is 20.0 Å². The molecular weight excluding hydrogens is 374 g/mol. The van der Waals surface area contributed by atoms with Gasteiger partial charge in [-0.2, -0.15) is 0 Å². The SMILES string of the molecule is C/C=C/c1ccc(OCC(=O)O[C@@H](C)C(=O)Nc2cccc(OC)c2)c(OC)c1. The van der Waals surface area contributed by atoms with Gasteiger partial charge in [0.25, 0.3) is 5.91 Å². The zero-order valence-electron chi connectivity index (χ0n) is 16.9. The van der Waals surface area contributed by atoms with Crippen LogP contribution >= 0.6 is 0 Å². The van der Waals surface area contributed by atoms with Crippen molar-refractivity contribution in [1.82, 2.24) is 0 Å². The van der Waals surface area contributed by atoms with E-state index >= 15 is 0 Å². The van der Waals surface area contributed by atoms with Gasteiger partial charge in [0, 0.05) is 11.8 Å². The predicted octanol–water partition coefficient (Wildman–Crippen LogP) is 3.69. The van der Waals surface area contributed by atoms with E-state index in [9.17, 15) is 9.59 Å². The smallest absolute Gasteiger partial charge is 0.344 e. The number of rotatable bonds is 9. The van der Waals surface area contributed by atoms with E-state index in [4.69, 9.17) is 18.9 Å². The summed E-state index contributed by atoms with van der Waals surface area (Å²) in [5.74, 6) is 0.386. The van der Waals surface area contributed by atoms with Gasteiger partial charge in [-0.1, -0.05) is 24.3 Å². The zero-order chi connectivity index (χ0) is 21.2. The van der Waals surface area contributed by atoms with Crippen LogP contribution in [0.4, 0.5) is 5.69 Å². The fraction of sp³-hybridized carbons (Fsp3) is 0.273. The van der Waals surface area contributed by atoms with Crippen molar-refractivity contribution in [1.29, 1.82) is 0 Å². The number of amides is 1. The second-order valence-corrected chi connectivity index (χ2v) is 6.05.